The van der Waals surface area contributed by atoms with Gasteiger partial charge in [0.05, 0.1) is 11.1 Å². The summed E-state index contributed by atoms with van der Waals surface area (Å²) in [7, 11) is 0. The molecule has 0 saturated heterocycles. The lowest BCUT2D eigenvalue weighted by Crippen LogP contribution is -1.97. The van der Waals surface area contributed by atoms with Crippen LogP contribution in [0.5, 0.6) is 5.88 Å². The van der Waals surface area contributed by atoms with E-state index in [-0.39, 0.29) is 17.1 Å². The molecule has 2 N–H and O–H groups in total. The Balaban J connectivity index is 1.98. The number of rotatable bonds is 2. The van der Waals surface area contributed by atoms with Crippen molar-refractivity contribution in [3.05, 3.63) is 59.7 Å². The van der Waals surface area contributed by atoms with Crippen molar-refractivity contribution in [3.63, 3.8) is 0 Å². The molecule has 0 spiro atoms. The Morgan fingerprint density at radius 2 is 1.91 bits per heavy atom. The van der Waals surface area contributed by atoms with Crippen LogP contribution in [0.25, 0.3) is 10.9 Å². The number of carbonyl (C=O) groups is 1. The molecule has 0 atom stereocenters. The zero-order chi connectivity index (χ0) is 15.7. The van der Waals surface area contributed by atoms with Crippen LogP contribution in [-0.2, 0) is 0 Å². The molecule has 0 bridgehead atoms. The first-order valence-electron chi connectivity index (χ1n) is 6.27. The number of nitrogens with zero attached hydrogens (tertiary/aromatic N) is 2. The van der Waals surface area contributed by atoms with E-state index in [1.165, 1.54) is 36.4 Å². The number of azo groups is 1. The molecule has 1 amide bonds. The summed E-state index contributed by atoms with van der Waals surface area (Å²) in [6.45, 7) is 0. The molecule has 0 saturated carbocycles. The van der Waals surface area contributed by atoms with E-state index in [0.29, 0.717) is 10.9 Å². The van der Waals surface area contributed by atoms with Crippen LogP contribution in [0, 0.1) is 11.6 Å². The third-order valence-corrected chi connectivity index (χ3v) is 3.06. The molecule has 0 unspecified atom stereocenters. The zero-order valence-electron chi connectivity index (χ0n) is 11.0. The largest absolute Gasteiger partial charge is 0.493 e. The van der Waals surface area contributed by atoms with Crippen molar-refractivity contribution in [2.45, 2.75) is 0 Å². The Morgan fingerprint density at radius 1 is 1.14 bits per heavy atom. The summed E-state index contributed by atoms with van der Waals surface area (Å²) in [5, 5.41) is 17.2. The lowest BCUT2D eigenvalue weighted by molar-refractivity contribution is 0.0991. The Bertz CT molecular complexity index is 903. The van der Waals surface area contributed by atoms with Gasteiger partial charge in [0, 0.05) is 5.39 Å². The third-order valence-electron chi connectivity index (χ3n) is 3.06. The molecule has 1 aromatic heterocycles. The van der Waals surface area contributed by atoms with Crippen LogP contribution in [0.2, 0.25) is 0 Å². The molecule has 22 heavy (non-hydrogen) atoms. The van der Waals surface area contributed by atoms with Gasteiger partial charge in [-0.1, -0.05) is 12.1 Å². The first kappa shape index (κ1) is 13.9. The second-order valence-corrected chi connectivity index (χ2v) is 4.50. The van der Waals surface area contributed by atoms with Gasteiger partial charge in [0.2, 0.25) is 5.88 Å². The molecule has 110 valence electrons. The van der Waals surface area contributed by atoms with Crippen LogP contribution in [0.15, 0.2) is 52.7 Å². The number of aromatic amines is 1. The molecule has 0 radical (unpaired) electrons. The van der Waals surface area contributed by atoms with Gasteiger partial charge in [-0.3, -0.25) is 4.79 Å². The number of fused-ring (bicyclic) bond motifs is 1. The number of hydrogen-bond acceptors (Lipinski definition) is 3. The maximum atomic E-state index is 13.5. The Morgan fingerprint density at radius 3 is 2.68 bits per heavy atom. The minimum Gasteiger partial charge on any atom is -0.493 e. The topological polar surface area (TPSA) is 77.8 Å². The highest BCUT2D eigenvalue weighted by molar-refractivity contribution is 5.97. The lowest BCUT2D eigenvalue weighted by Gasteiger charge is -1.96. The number of amides is 1. The van der Waals surface area contributed by atoms with E-state index in [1.807, 2.05) is 0 Å². The molecule has 5 nitrogen and oxygen atoms in total. The molecule has 0 aliphatic heterocycles. The first-order chi connectivity index (χ1) is 10.6. The van der Waals surface area contributed by atoms with Gasteiger partial charge in [0.15, 0.2) is 5.69 Å². The van der Waals surface area contributed by atoms with E-state index in [9.17, 15) is 18.7 Å². The SMILES string of the molecule is O=C(N=Nc1c(O)[nH]c2cc(F)ccc12)c1ccccc1F. The second kappa shape index (κ2) is 5.36. The lowest BCUT2D eigenvalue weighted by atomic mass is 10.2. The minimum absolute atomic E-state index is 0.0142. The van der Waals surface area contributed by atoms with Crippen molar-refractivity contribution in [2.24, 2.45) is 10.2 Å². The Hall–Kier alpha value is -3.09. The monoisotopic (exact) mass is 301 g/mol. The van der Waals surface area contributed by atoms with Crippen molar-refractivity contribution >= 4 is 22.5 Å². The number of halogens is 2. The van der Waals surface area contributed by atoms with Crippen molar-refractivity contribution in [1.82, 2.24) is 4.98 Å². The molecular formula is C15H9F2N3O2. The Kier molecular flexibility index (Phi) is 3.38. The summed E-state index contributed by atoms with van der Waals surface area (Å²) in [5.74, 6) is -2.43. The number of nitrogens with one attached hydrogen (secondary N) is 1. The summed E-state index contributed by atoms with van der Waals surface area (Å²) in [4.78, 5) is 14.3. The summed E-state index contributed by atoms with van der Waals surface area (Å²) < 4.78 is 26.6. The van der Waals surface area contributed by atoms with Crippen molar-refractivity contribution in [2.75, 3.05) is 0 Å². The molecule has 0 fully saturated rings. The van der Waals surface area contributed by atoms with Gasteiger partial charge < -0.3 is 10.1 Å². The van der Waals surface area contributed by atoms with Gasteiger partial charge in [-0.05, 0) is 30.3 Å². The average Bonchev–Trinajstić information content (AvgIpc) is 2.79. The van der Waals surface area contributed by atoms with Crippen molar-refractivity contribution in [1.29, 1.82) is 0 Å². The molecule has 1 heterocycles. The van der Waals surface area contributed by atoms with Crippen LogP contribution in [0.4, 0.5) is 14.5 Å². The molecule has 3 aromatic rings. The van der Waals surface area contributed by atoms with Gasteiger partial charge in [-0.15, -0.1) is 10.2 Å². The third kappa shape index (κ3) is 2.44. The van der Waals surface area contributed by atoms with Crippen LogP contribution < -0.4 is 0 Å². The van der Waals surface area contributed by atoms with Gasteiger partial charge in [0.1, 0.15) is 11.6 Å². The molecule has 2 aromatic carbocycles. The fraction of sp³-hybridized carbons (Fsp3) is 0. The number of benzene rings is 2. The van der Waals surface area contributed by atoms with E-state index < -0.39 is 17.5 Å². The van der Waals surface area contributed by atoms with Gasteiger partial charge >= 0.3 is 0 Å². The van der Waals surface area contributed by atoms with E-state index >= 15 is 0 Å². The van der Waals surface area contributed by atoms with Crippen LogP contribution in [0.3, 0.4) is 0 Å². The van der Waals surface area contributed by atoms with Crippen LogP contribution in [-0.4, -0.2) is 16.0 Å². The zero-order valence-corrected chi connectivity index (χ0v) is 11.0. The first-order valence-corrected chi connectivity index (χ1v) is 6.27. The van der Waals surface area contributed by atoms with E-state index in [0.717, 1.165) is 6.07 Å². The predicted molar refractivity (Wildman–Crippen MR) is 75.2 cm³/mol. The standard InChI is InChI=1S/C15H9F2N3O2/c16-8-5-6-10-12(7-8)18-15(22)13(10)19-20-14(21)9-3-1-2-4-11(9)17/h1-7,18,22H. The fourth-order valence-corrected chi connectivity index (χ4v) is 2.03. The highest BCUT2D eigenvalue weighted by Gasteiger charge is 2.13. The van der Waals surface area contributed by atoms with Crippen molar-refractivity contribution < 1.29 is 18.7 Å². The summed E-state index contributed by atoms with van der Waals surface area (Å²) in [6.07, 6.45) is 0. The second-order valence-electron chi connectivity index (χ2n) is 4.50. The van der Waals surface area contributed by atoms with E-state index in [1.54, 1.807) is 0 Å². The molecule has 0 aliphatic rings. The number of aromatic nitrogens is 1. The van der Waals surface area contributed by atoms with E-state index in [4.69, 9.17) is 0 Å². The number of H-pyrrole nitrogens is 1. The van der Waals surface area contributed by atoms with Gasteiger partial charge in [0.25, 0.3) is 5.91 Å². The summed E-state index contributed by atoms with van der Waals surface area (Å²) in [5.41, 5.74) is 0.0705. The predicted octanol–water partition coefficient (Wildman–Crippen LogP) is 4.08. The van der Waals surface area contributed by atoms with Gasteiger partial charge in [-0.25, -0.2) is 8.78 Å². The normalized spacial score (nSPS) is 11.4. The summed E-state index contributed by atoms with van der Waals surface area (Å²) >= 11 is 0. The smallest absolute Gasteiger partial charge is 0.298 e. The minimum atomic E-state index is -0.881. The van der Waals surface area contributed by atoms with Crippen molar-refractivity contribution in [3.8, 4) is 5.88 Å². The van der Waals surface area contributed by atoms with Crippen LogP contribution >= 0.6 is 0 Å². The molecule has 7 heteroatoms. The fourth-order valence-electron chi connectivity index (χ4n) is 2.03. The highest BCUT2D eigenvalue weighted by Crippen LogP contribution is 2.35. The Labute approximate surface area is 122 Å². The molecule has 0 aliphatic carbocycles. The highest BCUT2D eigenvalue weighted by atomic mass is 19.1. The van der Waals surface area contributed by atoms with Gasteiger partial charge in [-0.2, -0.15) is 0 Å². The number of hydrogen-bond donors (Lipinski definition) is 2. The maximum Gasteiger partial charge on any atom is 0.298 e. The molecular weight excluding hydrogens is 292 g/mol. The quantitative estimate of drug-likeness (QED) is 0.700. The van der Waals surface area contributed by atoms with Crippen LogP contribution in [0.1, 0.15) is 10.4 Å². The molecule has 3 rings (SSSR count). The number of aromatic hydroxyl groups is 1. The maximum absolute atomic E-state index is 13.5. The summed E-state index contributed by atoms with van der Waals surface area (Å²) in [6, 6.07) is 9.11. The number of carbonyl (C=O) groups excluding carboxylic acids is 1. The average molecular weight is 301 g/mol. The van der Waals surface area contributed by atoms with E-state index in [2.05, 4.69) is 15.2 Å².